The monoisotopic (exact) mass is 421 g/mol. The topological polar surface area (TPSA) is 54.9 Å². The van der Waals surface area contributed by atoms with Gasteiger partial charge in [-0.05, 0) is 49.3 Å². The number of nitrogens with one attached hydrogen (secondary N) is 2. The number of hydrogen-bond acceptors (Lipinski definition) is 3. The number of rotatable bonds is 9. The van der Waals surface area contributed by atoms with Gasteiger partial charge in [0.25, 0.3) is 0 Å². The van der Waals surface area contributed by atoms with Crippen LogP contribution in [-0.4, -0.2) is 38.4 Å². The lowest BCUT2D eigenvalue weighted by Crippen LogP contribution is -2.41. The average molecular weight is 422 g/mol. The minimum Gasteiger partial charge on any atom is -0.381 e. The predicted molar refractivity (Wildman–Crippen MR) is 125 cm³/mol. The standard InChI is InChI=1S/C26H35N3O2/c1-2-27-25(29-20-26(13-14-26)23-9-4-3-5-10-23)28-18-21-7-6-8-22(17-21)19-31-24-11-15-30-16-12-24/h3-10,17,24H,2,11-16,18-20H2,1H3,(H2,27,28,29). The van der Waals surface area contributed by atoms with Gasteiger partial charge in [0.05, 0.1) is 19.3 Å². The quantitative estimate of drug-likeness (QED) is 0.471. The number of aliphatic imine (C=N–C) groups is 1. The van der Waals surface area contributed by atoms with E-state index < -0.39 is 0 Å². The molecule has 0 spiro atoms. The minimum absolute atomic E-state index is 0.263. The summed E-state index contributed by atoms with van der Waals surface area (Å²) in [4.78, 5) is 4.84. The zero-order valence-electron chi connectivity index (χ0n) is 18.6. The summed E-state index contributed by atoms with van der Waals surface area (Å²) in [5.41, 5.74) is 4.10. The van der Waals surface area contributed by atoms with Crippen molar-refractivity contribution in [3.05, 3.63) is 71.3 Å². The van der Waals surface area contributed by atoms with E-state index in [1.165, 1.54) is 29.5 Å². The van der Waals surface area contributed by atoms with Crippen LogP contribution in [0.15, 0.2) is 59.6 Å². The second-order valence-corrected chi connectivity index (χ2v) is 8.64. The minimum atomic E-state index is 0.263. The molecule has 2 aromatic carbocycles. The first kappa shape index (κ1) is 21.8. The Kier molecular flexibility index (Phi) is 7.60. The molecule has 0 atom stereocenters. The van der Waals surface area contributed by atoms with E-state index in [1.807, 2.05) is 0 Å². The van der Waals surface area contributed by atoms with Crippen LogP contribution in [0.5, 0.6) is 0 Å². The Hall–Kier alpha value is -2.37. The summed E-state index contributed by atoms with van der Waals surface area (Å²) in [5, 5.41) is 6.97. The molecule has 2 aliphatic rings. The molecule has 1 aliphatic carbocycles. The van der Waals surface area contributed by atoms with Gasteiger partial charge in [-0.25, -0.2) is 4.99 Å². The third kappa shape index (κ3) is 6.31. The summed E-state index contributed by atoms with van der Waals surface area (Å²) >= 11 is 0. The Labute approximate surface area is 186 Å². The SMILES string of the molecule is CCNC(=NCc1cccc(COC2CCOCC2)c1)NCC1(c2ccccc2)CC1. The summed E-state index contributed by atoms with van der Waals surface area (Å²) < 4.78 is 11.5. The molecule has 1 saturated heterocycles. The van der Waals surface area contributed by atoms with E-state index >= 15 is 0 Å². The molecule has 1 saturated carbocycles. The maximum atomic E-state index is 6.07. The van der Waals surface area contributed by atoms with Gasteiger partial charge in [-0.3, -0.25) is 0 Å². The van der Waals surface area contributed by atoms with Gasteiger partial charge in [0.1, 0.15) is 0 Å². The Morgan fingerprint density at radius 1 is 1.03 bits per heavy atom. The van der Waals surface area contributed by atoms with Crippen molar-refractivity contribution in [2.45, 2.75) is 57.3 Å². The number of guanidine groups is 1. The number of benzene rings is 2. The van der Waals surface area contributed by atoms with Crippen LogP contribution in [0, 0.1) is 0 Å². The molecule has 0 aromatic heterocycles. The molecule has 2 N–H and O–H groups in total. The predicted octanol–water partition coefficient (Wildman–Crippen LogP) is 4.17. The van der Waals surface area contributed by atoms with Crippen molar-refractivity contribution in [3.63, 3.8) is 0 Å². The van der Waals surface area contributed by atoms with Gasteiger partial charge in [-0.2, -0.15) is 0 Å². The Bertz CT molecular complexity index is 843. The Morgan fingerprint density at radius 3 is 2.55 bits per heavy atom. The molecule has 5 nitrogen and oxygen atoms in total. The third-order valence-corrected chi connectivity index (χ3v) is 6.24. The molecule has 0 amide bonds. The highest BCUT2D eigenvalue weighted by Crippen LogP contribution is 2.47. The van der Waals surface area contributed by atoms with Crippen molar-refractivity contribution < 1.29 is 9.47 Å². The van der Waals surface area contributed by atoms with E-state index in [1.54, 1.807) is 0 Å². The van der Waals surface area contributed by atoms with E-state index in [9.17, 15) is 0 Å². The molecular weight excluding hydrogens is 386 g/mol. The molecule has 4 rings (SSSR count). The van der Waals surface area contributed by atoms with Crippen molar-refractivity contribution in [2.75, 3.05) is 26.3 Å². The smallest absolute Gasteiger partial charge is 0.191 e. The molecule has 0 radical (unpaired) electrons. The van der Waals surface area contributed by atoms with E-state index in [0.29, 0.717) is 19.3 Å². The van der Waals surface area contributed by atoms with Crippen LogP contribution in [0.2, 0.25) is 0 Å². The van der Waals surface area contributed by atoms with Crippen LogP contribution in [0.4, 0.5) is 0 Å². The molecule has 1 heterocycles. The van der Waals surface area contributed by atoms with Crippen LogP contribution in [0.25, 0.3) is 0 Å². The fourth-order valence-electron chi connectivity index (χ4n) is 4.15. The van der Waals surface area contributed by atoms with Crippen LogP contribution >= 0.6 is 0 Å². The molecule has 0 bridgehead atoms. The Morgan fingerprint density at radius 2 is 1.81 bits per heavy atom. The first-order chi connectivity index (χ1) is 15.3. The molecule has 1 aliphatic heterocycles. The van der Waals surface area contributed by atoms with Gasteiger partial charge in [0.2, 0.25) is 0 Å². The van der Waals surface area contributed by atoms with E-state index in [-0.39, 0.29) is 5.41 Å². The van der Waals surface area contributed by atoms with E-state index in [4.69, 9.17) is 14.5 Å². The van der Waals surface area contributed by atoms with Crippen LogP contribution in [-0.2, 0) is 28.0 Å². The van der Waals surface area contributed by atoms with E-state index in [0.717, 1.165) is 45.1 Å². The van der Waals surface area contributed by atoms with Gasteiger partial charge < -0.3 is 20.1 Å². The highest BCUT2D eigenvalue weighted by atomic mass is 16.5. The third-order valence-electron chi connectivity index (χ3n) is 6.24. The first-order valence-corrected chi connectivity index (χ1v) is 11.6. The fraction of sp³-hybridized carbons (Fsp3) is 0.500. The van der Waals surface area contributed by atoms with Crippen molar-refractivity contribution >= 4 is 5.96 Å². The van der Waals surface area contributed by atoms with Gasteiger partial charge >= 0.3 is 0 Å². The fourth-order valence-corrected chi connectivity index (χ4v) is 4.15. The van der Waals surface area contributed by atoms with Crippen molar-refractivity contribution in [3.8, 4) is 0 Å². The Balaban J connectivity index is 1.32. The van der Waals surface area contributed by atoms with E-state index in [2.05, 4.69) is 72.2 Å². The highest BCUT2D eigenvalue weighted by Gasteiger charge is 2.43. The molecule has 31 heavy (non-hydrogen) atoms. The van der Waals surface area contributed by atoms with Crippen LogP contribution in [0.3, 0.4) is 0 Å². The second-order valence-electron chi connectivity index (χ2n) is 8.64. The normalized spacial score (nSPS) is 18.5. The second kappa shape index (κ2) is 10.8. The van der Waals surface area contributed by atoms with Gasteiger partial charge in [0.15, 0.2) is 5.96 Å². The molecule has 2 fully saturated rings. The van der Waals surface area contributed by atoms with Gasteiger partial charge in [-0.15, -0.1) is 0 Å². The molecule has 166 valence electrons. The van der Waals surface area contributed by atoms with Gasteiger partial charge in [-0.1, -0.05) is 54.6 Å². The molecule has 2 aromatic rings. The largest absolute Gasteiger partial charge is 0.381 e. The first-order valence-electron chi connectivity index (χ1n) is 11.6. The highest BCUT2D eigenvalue weighted by molar-refractivity contribution is 5.80. The molecule has 0 unspecified atom stereocenters. The summed E-state index contributed by atoms with van der Waals surface area (Å²) in [6.07, 6.45) is 4.77. The average Bonchev–Trinajstić information content (AvgIpc) is 3.62. The number of nitrogens with zero attached hydrogens (tertiary/aromatic N) is 1. The summed E-state index contributed by atoms with van der Waals surface area (Å²) in [6, 6.07) is 19.4. The van der Waals surface area contributed by atoms with Gasteiger partial charge in [0, 0.05) is 31.7 Å². The maximum Gasteiger partial charge on any atom is 0.191 e. The number of hydrogen-bond donors (Lipinski definition) is 2. The molecular formula is C26H35N3O2. The lowest BCUT2D eigenvalue weighted by Gasteiger charge is -2.22. The van der Waals surface area contributed by atoms with Crippen LogP contribution in [0.1, 0.15) is 49.3 Å². The lowest BCUT2D eigenvalue weighted by molar-refractivity contribution is -0.0390. The zero-order chi connectivity index (χ0) is 21.4. The number of ether oxygens (including phenoxy) is 2. The maximum absolute atomic E-state index is 6.07. The van der Waals surface area contributed by atoms with Crippen molar-refractivity contribution in [1.82, 2.24) is 10.6 Å². The molecule has 5 heteroatoms. The lowest BCUT2D eigenvalue weighted by atomic mass is 9.96. The summed E-state index contributed by atoms with van der Waals surface area (Å²) in [6.45, 7) is 6.80. The summed E-state index contributed by atoms with van der Waals surface area (Å²) in [7, 11) is 0. The van der Waals surface area contributed by atoms with Crippen molar-refractivity contribution in [2.24, 2.45) is 4.99 Å². The van der Waals surface area contributed by atoms with Crippen LogP contribution < -0.4 is 10.6 Å². The van der Waals surface area contributed by atoms with Crippen molar-refractivity contribution in [1.29, 1.82) is 0 Å². The summed E-state index contributed by atoms with van der Waals surface area (Å²) in [5.74, 6) is 0.883. The zero-order valence-corrected chi connectivity index (χ0v) is 18.6.